The van der Waals surface area contributed by atoms with Crippen LogP contribution in [-0.4, -0.2) is 23.5 Å². The average Bonchev–Trinajstić information content (AvgIpc) is 2.41. The first kappa shape index (κ1) is 18.6. The Balaban J connectivity index is 0.00000110. The largest absolute Gasteiger partial charge is 0.399 e. The molecular formula is C17H28Cl2N2. The monoisotopic (exact) mass is 330 g/mol. The molecule has 2 aliphatic rings. The topological polar surface area (TPSA) is 29.3 Å². The lowest BCUT2D eigenvalue weighted by atomic mass is 9.72. The van der Waals surface area contributed by atoms with Gasteiger partial charge < -0.3 is 5.73 Å². The maximum atomic E-state index is 5.98. The molecular weight excluding hydrogens is 303 g/mol. The van der Waals surface area contributed by atoms with Crippen molar-refractivity contribution >= 4 is 30.5 Å². The van der Waals surface area contributed by atoms with E-state index in [0.717, 1.165) is 5.69 Å². The van der Waals surface area contributed by atoms with Crippen molar-refractivity contribution in [3.05, 3.63) is 29.3 Å². The zero-order valence-electron chi connectivity index (χ0n) is 12.9. The van der Waals surface area contributed by atoms with Crippen LogP contribution in [0, 0.1) is 0 Å². The van der Waals surface area contributed by atoms with E-state index in [-0.39, 0.29) is 24.8 Å². The molecule has 1 unspecified atom stereocenters. The number of piperidine rings is 1. The van der Waals surface area contributed by atoms with Crippen molar-refractivity contribution in [2.45, 2.75) is 57.4 Å². The van der Waals surface area contributed by atoms with Gasteiger partial charge in [0.05, 0.1) is 0 Å². The van der Waals surface area contributed by atoms with Gasteiger partial charge in [0.15, 0.2) is 0 Å². The molecule has 21 heavy (non-hydrogen) atoms. The number of nitrogens with zero attached hydrogens (tertiary/aromatic N) is 1. The summed E-state index contributed by atoms with van der Waals surface area (Å²) in [5.41, 5.74) is 10.4. The summed E-state index contributed by atoms with van der Waals surface area (Å²) in [6, 6.07) is 6.51. The third-order valence-corrected chi connectivity index (χ3v) is 5.09. The average molecular weight is 331 g/mol. The summed E-state index contributed by atoms with van der Waals surface area (Å²) in [7, 11) is 0. The van der Waals surface area contributed by atoms with Crippen molar-refractivity contribution in [2.75, 3.05) is 18.8 Å². The Labute approximate surface area is 141 Å². The van der Waals surface area contributed by atoms with Crippen LogP contribution < -0.4 is 5.73 Å². The number of rotatable bonds is 2. The molecule has 1 fully saturated rings. The van der Waals surface area contributed by atoms with Gasteiger partial charge in [0.1, 0.15) is 0 Å². The standard InChI is InChI=1S/C17H26N2.2ClH/c1-2-10-19-11-4-3-8-17(19)9-7-14-5-6-16(18)12-15(14)13-17;;/h5-6,12H,2-4,7-11,13,18H2,1H3;2*1H. The van der Waals surface area contributed by atoms with Crippen LogP contribution in [0.4, 0.5) is 5.69 Å². The third-order valence-electron chi connectivity index (χ3n) is 5.09. The van der Waals surface area contributed by atoms with Crippen molar-refractivity contribution in [2.24, 2.45) is 0 Å². The molecule has 0 amide bonds. The zero-order chi connectivity index (χ0) is 13.3. The summed E-state index contributed by atoms with van der Waals surface area (Å²) >= 11 is 0. The Morgan fingerprint density at radius 1 is 1.14 bits per heavy atom. The van der Waals surface area contributed by atoms with E-state index in [4.69, 9.17) is 5.73 Å². The number of hydrogen-bond donors (Lipinski definition) is 1. The number of fused-ring (bicyclic) bond motifs is 1. The molecule has 0 saturated carbocycles. The van der Waals surface area contributed by atoms with Gasteiger partial charge in [-0.05, 0) is 74.9 Å². The molecule has 1 heterocycles. The van der Waals surface area contributed by atoms with Crippen LogP contribution in [0.2, 0.25) is 0 Å². The highest BCUT2D eigenvalue weighted by Crippen LogP contribution is 2.40. The minimum atomic E-state index is 0. The van der Waals surface area contributed by atoms with Gasteiger partial charge >= 0.3 is 0 Å². The summed E-state index contributed by atoms with van der Waals surface area (Å²) in [5.74, 6) is 0. The first-order valence-corrected chi connectivity index (χ1v) is 7.86. The minimum absolute atomic E-state index is 0. The van der Waals surface area contributed by atoms with Crippen LogP contribution in [0.1, 0.15) is 50.2 Å². The molecule has 1 saturated heterocycles. The Morgan fingerprint density at radius 3 is 2.71 bits per heavy atom. The lowest BCUT2D eigenvalue weighted by Crippen LogP contribution is -2.55. The van der Waals surface area contributed by atoms with Crippen LogP contribution in [0.3, 0.4) is 0 Å². The van der Waals surface area contributed by atoms with Crippen molar-refractivity contribution in [3.63, 3.8) is 0 Å². The van der Waals surface area contributed by atoms with Gasteiger partial charge in [-0.1, -0.05) is 19.4 Å². The number of halogens is 2. The molecule has 1 aliphatic carbocycles. The Hall–Kier alpha value is -0.440. The number of likely N-dealkylation sites (tertiary alicyclic amines) is 1. The zero-order valence-corrected chi connectivity index (χ0v) is 14.6. The normalized spacial score (nSPS) is 24.8. The minimum Gasteiger partial charge on any atom is -0.399 e. The molecule has 2 N–H and O–H groups in total. The van der Waals surface area contributed by atoms with E-state index in [0.29, 0.717) is 5.54 Å². The lowest BCUT2D eigenvalue weighted by Gasteiger charge is -2.50. The molecule has 0 aromatic heterocycles. The highest BCUT2D eigenvalue weighted by Gasteiger charge is 2.40. The van der Waals surface area contributed by atoms with E-state index in [1.807, 2.05) is 0 Å². The number of benzene rings is 1. The molecule has 1 spiro atoms. The Morgan fingerprint density at radius 2 is 1.95 bits per heavy atom. The smallest absolute Gasteiger partial charge is 0.0316 e. The van der Waals surface area contributed by atoms with Crippen LogP contribution in [0.25, 0.3) is 0 Å². The van der Waals surface area contributed by atoms with Crippen molar-refractivity contribution in [1.82, 2.24) is 4.90 Å². The van der Waals surface area contributed by atoms with E-state index in [1.165, 1.54) is 69.2 Å². The van der Waals surface area contributed by atoms with Gasteiger partial charge in [0.25, 0.3) is 0 Å². The molecule has 2 nitrogen and oxygen atoms in total. The quantitative estimate of drug-likeness (QED) is 0.822. The second-order valence-electron chi connectivity index (χ2n) is 6.37. The molecule has 1 aromatic carbocycles. The molecule has 1 aromatic rings. The fraction of sp³-hybridized carbons (Fsp3) is 0.647. The van der Waals surface area contributed by atoms with Crippen LogP contribution in [0.15, 0.2) is 18.2 Å². The van der Waals surface area contributed by atoms with Gasteiger partial charge in [-0.2, -0.15) is 0 Å². The Bertz CT molecular complexity index is 462. The van der Waals surface area contributed by atoms with Gasteiger partial charge in [-0.15, -0.1) is 24.8 Å². The van der Waals surface area contributed by atoms with E-state index in [9.17, 15) is 0 Å². The summed E-state index contributed by atoms with van der Waals surface area (Å²) in [5, 5.41) is 0. The SMILES string of the molecule is CCCN1CCCCC12CCc1ccc(N)cc1C2.Cl.Cl. The molecule has 4 heteroatoms. The summed E-state index contributed by atoms with van der Waals surface area (Å²) in [4.78, 5) is 2.78. The molecule has 3 rings (SSSR count). The second-order valence-corrected chi connectivity index (χ2v) is 6.37. The number of nitrogen functional groups attached to an aromatic ring is 1. The maximum absolute atomic E-state index is 5.98. The highest BCUT2D eigenvalue weighted by atomic mass is 35.5. The Kier molecular flexibility index (Phi) is 6.83. The number of anilines is 1. The predicted molar refractivity (Wildman–Crippen MR) is 95.8 cm³/mol. The molecule has 1 atom stereocenters. The second kappa shape index (κ2) is 7.71. The van der Waals surface area contributed by atoms with Crippen LogP contribution in [0.5, 0.6) is 0 Å². The van der Waals surface area contributed by atoms with Gasteiger partial charge in [0.2, 0.25) is 0 Å². The fourth-order valence-corrected chi connectivity index (χ4v) is 4.12. The van der Waals surface area contributed by atoms with Gasteiger partial charge in [-0.25, -0.2) is 0 Å². The third kappa shape index (κ3) is 3.67. The summed E-state index contributed by atoms with van der Waals surface area (Å²) in [6.07, 6.45) is 9.21. The molecule has 120 valence electrons. The van der Waals surface area contributed by atoms with E-state index >= 15 is 0 Å². The molecule has 0 radical (unpaired) electrons. The van der Waals surface area contributed by atoms with E-state index < -0.39 is 0 Å². The lowest BCUT2D eigenvalue weighted by molar-refractivity contribution is 0.0341. The van der Waals surface area contributed by atoms with Crippen LogP contribution in [-0.2, 0) is 12.8 Å². The van der Waals surface area contributed by atoms with Crippen LogP contribution >= 0.6 is 24.8 Å². The van der Waals surface area contributed by atoms with Crippen molar-refractivity contribution in [3.8, 4) is 0 Å². The van der Waals surface area contributed by atoms with Crippen molar-refractivity contribution in [1.29, 1.82) is 0 Å². The first-order valence-electron chi connectivity index (χ1n) is 7.86. The summed E-state index contributed by atoms with van der Waals surface area (Å²) < 4.78 is 0. The van der Waals surface area contributed by atoms with Gasteiger partial charge in [-0.3, -0.25) is 4.90 Å². The van der Waals surface area contributed by atoms with Crippen molar-refractivity contribution < 1.29 is 0 Å². The molecule has 0 bridgehead atoms. The van der Waals surface area contributed by atoms with E-state index in [1.54, 1.807) is 0 Å². The maximum Gasteiger partial charge on any atom is 0.0316 e. The number of nitrogens with two attached hydrogens (primary N) is 1. The predicted octanol–water partition coefficient (Wildman–Crippen LogP) is 4.24. The number of hydrogen-bond acceptors (Lipinski definition) is 2. The fourth-order valence-electron chi connectivity index (χ4n) is 4.12. The summed E-state index contributed by atoms with van der Waals surface area (Å²) in [6.45, 7) is 4.86. The number of aryl methyl sites for hydroxylation is 1. The van der Waals surface area contributed by atoms with Gasteiger partial charge in [0, 0.05) is 11.2 Å². The van der Waals surface area contributed by atoms with E-state index in [2.05, 4.69) is 30.0 Å². The first-order chi connectivity index (χ1) is 9.23. The molecule has 1 aliphatic heterocycles. The highest BCUT2D eigenvalue weighted by molar-refractivity contribution is 5.85.